The molecule has 2 rings (SSSR count). The predicted octanol–water partition coefficient (Wildman–Crippen LogP) is 5.69. The van der Waals surface area contributed by atoms with Gasteiger partial charge in [0.2, 0.25) is 0 Å². The minimum atomic E-state index is 0.0906. The Labute approximate surface area is 143 Å². The van der Waals surface area contributed by atoms with Gasteiger partial charge in [0.05, 0.1) is 6.04 Å². The van der Waals surface area contributed by atoms with E-state index >= 15 is 0 Å². The molecule has 0 bridgehead atoms. The molecule has 1 N–H and O–H groups in total. The highest BCUT2D eigenvalue weighted by Crippen LogP contribution is 2.32. The first kappa shape index (κ1) is 16.1. The Hall–Kier alpha value is -0.290. The van der Waals surface area contributed by atoms with Crippen LogP contribution in [0.15, 0.2) is 42.5 Å². The van der Waals surface area contributed by atoms with Crippen molar-refractivity contribution >= 4 is 45.8 Å². The van der Waals surface area contributed by atoms with Gasteiger partial charge in [-0.1, -0.05) is 54.4 Å². The van der Waals surface area contributed by atoms with Crippen molar-refractivity contribution in [1.29, 1.82) is 0 Å². The average Bonchev–Trinajstić information content (AvgIpc) is 2.42. The van der Waals surface area contributed by atoms with Crippen LogP contribution in [0.2, 0.25) is 10.0 Å². The van der Waals surface area contributed by atoms with Crippen LogP contribution in [-0.4, -0.2) is 6.54 Å². The second-order valence-electron chi connectivity index (χ2n) is 4.57. The molecule has 1 unspecified atom stereocenters. The Morgan fingerprint density at radius 1 is 1.10 bits per heavy atom. The molecule has 0 heterocycles. The molecule has 106 valence electrons. The van der Waals surface area contributed by atoms with Crippen molar-refractivity contribution in [1.82, 2.24) is 5.32 Å². The van der Waals surface area contributed by atoms with Gasteiger partial charge in [-0.25, -0.2) is 0 Å². The van der Waals surface area contributed by atoms with Crippen LogP contribution in [0.25, 0.3) is 0 Å². The SMILES string of the molecule is CCCNC(c1ccc(Cl)cc1Cl)c1ccccc1I. The third kappa shape index (κ3) is 3.88. The lowest BCUT2D eigenvalue weighted by Gasteiger charge is -2.22. The van der Waals surface area contributed by atoms with E-state index in [-0.39, 0.29) is 6.04 Å². The van der Waals surface area contributed by atoms with E-state index in [9.17, 15) is 0 Å². The van der Waals surface area contributed by atoms with Gasteiger partial charge in [-0.2, -0.15) is 0 Å². The van der Waals surface area contributed by atoms with Crippen molar-refractivity contribution in [2.75, 3.05) is 6.54 Å². The lowest BCUT2D eigenvalue weighted by atomic mass is 9.98. The zero-order valence-electron chi connectivity index (χ0n) is 11.2. The van der Waals surface area contributed by atoms with Gasteiger partial charge in [-0.05, 0) is 64.9 Å². The predicted molar refractivity (Wildman–Crippen MR) is 95.8 cm³/mol. The summed E-state index contributed by atoms with van der Waals surface area (Å²) < 4.78 is 1.23. The van der Waals surface area contributed by atoms with Crippen LogP contribution in [0.1, 0.15) is 30.5 Å². The Bertz CT molecular complexity index is 586. The van der Waals surface area contributed by atoms with Gasteiger partial charge in [0.15, 0.2) is 0 Å². The first-order chi connectivity index (χ1) is 9.63. The lowest BCUT2D eigenvalue weighted by molar-refractivity contribution is 0.597. The summed E-state index contributed by atoms with van der Waals surface area (Å²) in [4.78, 5) is 0. The molecule has 0 saturated carbocycles. The number of hydrogen-bond donors (Lipinski definition) is 1. The van der Waals surface area contributed by atoms with Crippen LogP contribution in [0.3, 0.4) is 0 Å². The van der Waals surface area contributed by atoms with Crippen LogP contribution in [0.4, 0.5) is 0 Å². The summed E-state index contributed by atoms with van der Waals surface area (Å²) in [5, 5.41) is 4.93. The zero-order valence-corrected chi connectivity index (χ0v) is 14.8. The van der Waals surface area contributed by atoms with E-state index < -0.39 is 0 Å². The van der Waals surface area contributed by atoms with Gasteiger partial charge < -0.3 is 5.32 Å². The minimum Gasteiger partial charge on any atom is -0.306 e. The van der Waals surface area contributed by atoms with Gasteiger partial charge in [0.25, 0.3) is 0 Å². The third-order valence-electron chi connectivity index (χ3n) is 3.09. The van der Waals surface area contributed by atoms with E-state index in [0.717, 1.165) is 18.5 Å². The van der Waals surface area contributed by atoms with E-state index in [1.54, 1.807) is 6.07 Å². The number of benzene rings is 2. The molecule has 1 nitrogen and oxygen atoms in total. The molecule has 0 spiro atoms. The van der Waals surface area contributed by atoms with Gasteiger partial charge in [0, 0.05) is 13.6 Å². The molecule has 0 amide bonds. The Morgan fingerprint density at radius 2 is 1.85 bits per heavy atom. The highest BCUT2D eigenvalue weighted by Gasteiger charge is 2.18. The summed E-state index contributed by atoms with van der Waals surface area (Å²) in [6.07, 6.45) is 1.07. The van der Waals surface area contributed by atoms with Gasteiger partial charge in [0.1, 0.15) is 0 Å². The van der Waals surface area contributed by atoms with E-state index in [0.29, 0.717) is 10.0 Å². The quantitative estimate of drug-likeness (QED) is 0.614. The lowest BCUT2D eigenvalue weighted by Crippen LogP contribution is -2.24. The average molecular weight is 420 g/mol. The molecule has 2 aromatic rings. The van der Waals surface area contributed by atoms with Gasteiger partial charge in [-0.15, -0.1) is 0 Å². The van der Waals surface area contributed by atoms with E-state index in [1.807, 2.05) is 18.2 Å². The molecule has 4 heteroatoms. The molecule has 0 aliphatic rings. The van der Waals surface area contributed by atoms with E-state index in [2.05, 4.69) is 53.0 Å². The van der Waals surface area contributed by atoms with Crippen molar-refractivity contribution in [3.63, 3.8) is 0 Å². The Kier molecular flexibility index (Phi) is 6.15. The minimum absolute atomic E-state index is 0.0906. The van der Waals surface area contributed by atoms with Crippen molar-refractivity contribution in [2.24, 2.45) is 0 Å². The smallest absolute Gasteiger partial charge is 0.0601 e. The molecule has 0 saturated heterocycles. The zero-order chi connectivity index (χ0) is 14.5. The number of nitrogens with one attached hydrogen (secondary N) is 1. The van der Waals surface area contributed by atoms with Crippen molar-refractivity contribution < 1.29 is 0 Å². The summed E-state index contributed by atoms with van der Waals surface area (Å²) in [5.41, 5.74) is 2.31. The largest absolute Gasteiger partial charge is 0.306 e. The number of rotatable bonds is 5. The number of halogens is 3. The summed E-state index contributed by atoms with van der Waals surface area (Å²) in [6.45, 7) is 3.10. The molecule has 0 aliphatic heterocycles. The van der Waals surface area contributed by atoms with E-state index in [4.69, 9.17) is 23.2 Å². The standard InChI is InChI=1S/C16H16Cl2IN/c1-2-9-20-16(13-5-3-4-6-15(13)19)12-8-7-11(17)10-14(12)18/h3-8,10,16,20H,2,9H2,1H3. The monoisotopic (exact) mass is 419 g/mol. The fourth-order valence-electron chi connectivity index (χ4n) is 2.12. The summed E-state index contributed by atoms with van der Waals surface area (Å²) >= 11 is 14.7. The van der Waals surface area contributed by atoms with Crippen LogP contribution in [0.5, 0.6) is 0 Å². The van der Waals surface area contributed by atoms with Crippen molar-refractivity contribution in [2.45, 2.75) is 19.4 Å². The summed E-state index contributed by atoms with van der Waals surface area (Å²) in [5.74, 6) is 0. The first-order valence-corrected chi connectivity index (χ1v) is 8.39. The maximum absolute atomic E-state index is 6.38. The van der Waals surface area contributed by atoms with Gasteiger partial charge >= 0.3 is 0 Å². The second-order valence-corrected chi connectivity index (χ2v) is 6.58. The Morgan fingerprint density at radius 3 is 2.50 bits per heavy atom. The van der Waals surface area contributed by atoms with Gasteiger partial charge in [-0.3, -0.25) is 0 Å². The first-order valence-electron chi connectivity index (χ1n) is 6.56. The topological polar surface area (TPSA) is 12.0 Å². The third-order valence-corrected chi connectivity index (χ3v) is 4.63. The van der Waals surface area contributed by atoms with Crippen LogP contribution < -0.4 is 5.32 Å². The van der Waals surface area contributed by atoms with Crippen LogP contribution in [0, 0.1) is 3.57 Å². The molecule has 1 atom stereocenters. The molecule has 2 aromatic carbocycles. The molecule has 0 aromatic heterocycles. The molecular formula is C16H16Cl2IN. The fraction of sp³-hybridized carbons (Fsp3) is 0.250. The van der Waals surface area contributed by atoms with Crippen LogP contribution >= 0.6 is 45.8 Å². The summed E-state index contributed by atoms with van der Waals surface area (Å²) in [6, 6.07) is 14.1. The molecule has 0 fully saturated rings. The number of hydrogen-bond acceptors (Lipinski definition) is 1. The van der Waals surface area contributed by atoms with E-state index in [1.165, 1.54) is 9.13 Å². The molecule has 0 aliphatic carbocycles. The van der Waals surface area contributed by atoms with Crippen molar-refractivity contribution in [3.05, 3.63) is 67.2 Å². The Balaban J connectivity index is 2.44. The normalized spacial score (nSPS) is 12.4. The fourth-order valence-corrected chi connectivity index (χ4v) is 3.34. The highest BCUT2D eigenvalue weighted by atomic mass is 127. The molecule has 20 heavy (non-hydrogen) atoms. The van der Waals surface area contributed by atoms with Crippen molar-refractivity contribution in [3.8, 4) is 0 Å². The molecular weight excluding hydrogens is 404 g/mol. The summed E-state index contributed by atoms with van der Waals surface area (Å²) in [7, 11) is 0. The van der Waals surface area contributed by atoms with Crippen LogP contribution in [-0.2, 0) is 0 Å². The maximum Gasteiger partial charge on any atom is 0.0601 e. The second kappa shape index (κ2) is 7.64. The maximum atomic E-state index is 6.38. The molecule has 0 radical (unpaired) electrons. The highest BCUT2D eigenvalue weighted by molar-refractivity contribution is 14.1.